The highest BCUT2D eigenvalue weighted by Gasteiger charge is 2.25. The Morgan fingerprint density at radius 3 is 2.56 bits per heavy atom. The van der Waals surface area contributed by atoms with E-state index in [1.807, 2.05) is 11.6 Å². The Morgan fingerprint density at radius 1 is 1.38 bits per heavy atom. The Morgan fingerprint density at radius 2 is 2.06 bits per heavy atom. The number of aliphatic hydroxyl groups excluding tert-OH is 1. The van der Waals surface area contributed by atoms with E-state index in [-0.39, 0.29) is 6.61 Å². The fourth-order valence-corrected chi connectivity index (χ4v) is 2.39. The van der Waals surface area contributed by atoms with E-state index >= 15 is 0 Å². The Bertz CT molecular complexity index is 397. The topological polar surface area (TPSA) is 50.9 Å². The standard InChI is InChI=1S/C12H17N3O/c1-3-9-4-6-10(7-5-9)12-14-13-11(8-16)15(12)2/h1,9-10,16H,4-8H2,2H3. The normalized spacial score (nSPS) is 25.3. The Balaban J connectivity index is 2.09. The zero-order chi connectivity index (χ0) is 11.5. The summed E-state index contributed by atoms with van der Waals surface area (Å²) in [5.41, 5.74) is 0. The van der Waals surface area contributed by atoms with E-state index in [1.165, 1.54) is 0 Å². The monoisotopic (exact) mass is 219 g/mol. The van der Waals surface area contributed by atoms with E-state index in [0.29, 0.717) is 17.7 Å². The number of hydrogen-bond acceptors (Lipinski definition) is 3. The number of aliphatic hydroxyl groups is 1. The van der Waals surface area contributed by atoms with Crippen LogP contribution >= 0.6 is 0 Å². The molecule has 1 aromatic heterocycles. The van der Waals surface area contributed by atoms with Crippen LogP contribution in [0.25, 0.3) is 0 Å². The number of aromatic nitrogens is 3. The van der Waals surface area contributed by atoms with Crippen molar-refractivity contribution in [2.24, 2.45) is 13.0 Å². The average Bonchev–Trinajstić information content (AvgIpc) is 2.70. The summed E-state index contributed by atoms with van der Waals surface area (Å²) in [7, 11) is 1.91. The first-order valence-electron chi connectivity index (χ1n) is 5.71. The van der Waals surface area contributed by atoms with Crippen LogP contribution < -0.4 is 0 Å². The molecule has 0 amide bonds. The van der Waals surface area contributed by atoms with Crippen molar-refractivity contribution < 1.29 is 5.11 Å². The van der Waals surface area contributed by atoms with Gasteiger partial charge in [-0.1, -0.05) is 0 Å². The second kappa shape index (κ2) is 4.67. The average molecular weight is 219 g/mol. The minimum atomic E-state index is -0.0524. The number of terminal acetylenes is 1. The van der Waals surface area contributed by atoms with Crippen LogP contribution in [0.4, 0.5) is 0 Å². The molecule has 1 fully saturated rings. The van der Waals surface area contributed by atoms with Crippen LogP contribution in [0.1, 0.15) is 43.3 Å². The van der Waals surface area contributed by atoms with Crippen molar-refractivity contribution in [3.8, 4) is 12.3 Å². The van der Waals surface area contributed by atoms with Gasteiger partial charge in [0.25, 0.3) is 0 Å². The van der Waals surface area contributed by atoms with E-state index < -0.39 is 0 Å². The van der Waals surface area contributed by atoms with Gasteiger partial charge in [-0.3, -0.25) is 0 Å². The smallest absolute Gasteiger partial charge is 0.158 e. The second-order valence-corrected chi connectivity index (χ2v) is 4.41. The first kappa shape index (κ1) is 11.2. The molecule has 1 heterocycles. The van der Waals surface area contributed by atoms with Gasteiger partial charge in [0, 0.05) is 18.9 Å². The van der Waals surface area contributed by atoms with Crippen molar-refractivity contribution in [1.82, 2.24) is 14.8 Å². The third-order valence-corrected chi connectivity index (χ3v) is 3.47. The van der Waals surface area contributed by atoms with Gasteiger partial charge >= 0.3 is 0 Å². The van der Waals surface area contributed by atoms with Gasteiger partial charge in [-0.25, -0.2) is 0 Å². The summed E-state index contributed by atoms with van der Waals surface area (Å²) in [5, 5.41) is 17.2. The highest BCUT2D eigenvalue weighted by Crippen LogP contribution is 2.34. The van der Waals surface area contributed by atoms with Crippen LogP contribution in [-0.4, -0.2) is 19.9 Å². The lowest BCUT2D eigenvalue weighted by atomic mass is 9.82. The van der Waals surface area contributed by atoms with Crippen molar-refractivity contribution in [3.63, 3.8) is 0 Å². The number of rotatable bonds is 2. The molecule has 0 unspecified atom stereocenters. The van der Waals surface area contributed by atoms with E-state index in [9.17, 15) is 0 Å². The van der Waals surface area contributed by atoms with Gasteiger partial charge < -0.3 is 9.67 Å². The predicted octanol–water partition coefficient (Wildman–Crippen LogP) is 1.21. The molecule has 86 valence electrons. The largest absolute Gasteiger partial charge is 0.388 e. The molecule has 4 nitrogen and oxygen atoms in total. The molecule has 4 heteroatoms. The molecule has 1 N–H and O–H groups in total. The molecule has 1 aliphatic rings. The molecule has 16 heavy (non-hydrogen) atoms. The van der Waals surface area contributed by atoms with Gasteiger partial charge in [-0.2, -0.15) is 0 Å². The molecule has 0 aromatic carbocycles. The van der Waals surface area contributed by atoms with Crippen molar-refractivity contribution in [2.75, 3.05) is 0 Å². The quantitative estimate of drug-likeness (QED) is 0.761. The van der Waals surface area contributed by atoms with E-state index in [4.69, 9.17) is 11.5 Å². The summed E-state index contributed by atoms with van der Waals surface area (Å²) in [4.78, 5) is 0. The lowest BCUT2D eigenvalue weighted by Gasteiger charge is -2.24. The molecule has 1 aliphatic carbocycles. The summed E-state index contributed by atoms with van der Waals surface area (Å²) in [6, 6.07) is 0. The zero-order valence-electron chi connectivity index (χ0n) is 9.56. The number of hydrogen-bond donors (Lipinski definition) is 1. The van der Waals surface area contributed by atoms with Crippen molar-refractivity contribution in [3.05, 3.63) is 11.6 Å². The van der Waals surface area contributed by atoms with Gasteiger partial charge in [0.15, 0.2) is 5.82 Å². The van der Waals surface area contributed by atoms with Crippen LogP contribution in [0, 0.1) is 18.3 Å². The highest BCUT2D eigenvalue weighted by atomic mass is 16.3. The van der Waals surface area contributed by atoms with E-state index in [1.54, 1.807) is 0 Å². The number of nitrogens with zero attached hydrogens (tertiary/aromatic N) is 3. The van der Waals surface area contributed by atoms with Crippen LogP contribution in [0.15, 0.2) is 0 Å². The predicted molar refractivity (Wildman–Crippen MR) is 60.5 cm³/mol. The summed E-state index contributed by atoms with van der Waals surface area (Å²) < 4.78 is 1.90. The van der Waals surface area contributed by atoms with Crippen LogP contribution in [0.2, 0.25) is 0 Å². The van der Waals surface area contributed by atoms with Gasteiger partial charge in [-0.05, 0) is 25.7 Å². The molecule has 0 aliphatic heterocycles. The first-order valence-corrected chi connectivity index (χ1v) is 5.71. The molecule has 0 atom stereocenters. The fourth-order valence-electron chi connectivity index (χ4n) is 2.39. The lowest BCUT2D eigenvalue weighted by molar-refractivity contribution is 0.265. The molecule has 0 spiro atoms. The van der Waals surface area contributed by atoms with Gasteiger partial charge in [-0.15, -0.1) is 22.5 Å². The third-order valence-electron chi connectivity index (χ3n) is 3.47. The van der Waals surface area contributed by atoms with Crippen molar-refractivity contribution in [2.45, 2.75) is 38.2 Å². The maximum Gasteiger partial charge on any atom is 0.158 e. The van der Waals surface area contributed by atoms with Gasteiger partial charge in [0.1, 0.15) is 12.4 Å². The van der Waals surface area contributed by atoms with Crippen LogP contribution in [-0.2, 0) is 13.7 Å². The highest BCUT2D eigenvalue weighted by molar-refractivity contribution is 5.05. The van der Waals surface area contributed by atoms with Crippen LogP contribution in [0.3, 0.4) is 0 Å². The molecule has 1 saturated carbocycles. The van der Waals surface area contributed by atoms with E-state index in [2.05, 4.69) is 16.1 Å². The fraction of sp³-hybridized carbons (Fsp3) is 0.667. The molecular weight excluding hydrogens is 202 g/mol. The van der Waals surface area contributed by atoms with E-state index in [0.717, 1.165) is 31.5 Å². The second-order valence-electron chi connectivity index (χ2n) is 4.41. The molecule has 1 aromatic rings. The summed E-state index contributed by atoms with van der Waals surface area (Å²) in [6.45, 7) is -0.0524. The maximum atomic E-state index is 9.06. The SMILES string of the molecule is C#CC1CCC(c2nnc(CO)n2C)CC1. The Hall–Kier alpha value is -1.34. The maximum absolute atomic E-state index is 9.06. The molecule has 0 bridgehead atoms. The minimum absolute atomic E-state index is 0.0524. The summed E-state index contributed by atoms with van der Waals surface area (Å²) >= 11 is 0. The van der Waals surface area contributed by atoms with Gasteiger partial charge in [0.05, 0.1) is 0 Å². The Labute approximate surface area is 95.7 Å². The van der Waals surface area contributed by atoms with Gasteiger partial charge in [0.2, 0.25) is 0 Å². The molecule has 0 radical (unpaired) electrons. The van der Waals surface area contributed by atoms with Crippen LogP contribution in [0.5, 0.6) is 0 Å². The summed E-state index contributed by atoms with van der Waals surface area (Å²) in [6.07, 6.45) is 9.72. The first-order chi connectivity index (χ1) is 7.76. The minimum Gasteiger partial charge on any atom is -0.388 e. The lowest BCUT2D eigenvalue weighted by Crippen LogP contribution is -2.15. The summed E-state index contributed by atoms with van der Waals surface area (Å²) in [5.74, 6) is 5.32. The van der Waals surface area contributed by atoms with Crippen molar-refractivity contribution in [1.29, 1.82) is 0 Å². The zero-order valence-corrected chi connectivity index (χ0v) is 9.56. The molecular formula is C12H17N3O. The van der Waals surface area contributed by atoms with Crippen molar-refractivity contribution >= 4 is 0 Å². The third kappa shape index (κ3) is 1.96. The Kier molecular flexibility index (Phi) is 3.25. The molecule has 2 rings (SSSR count). The molecule has 0 saturated heterocycles.